The molecule has 3 aromatic carbocycles. The van der Waals surface area contributed by atoms with E-state index in [1.807, 2.05) is 42.5 Å². The van der Waals surface area contributed by atoms with Crippen molar-refractivity contribution in [1.29, 1.82) is 0 Å². The number of aromatic nitrogens is 2. The van der Waals surface area contributed by atoms with Gasteiger partial charge in [0.2, 0.25) is 0 Å². The molecule has 7 nitrogen and oxygen atoms in total. The van der Waals surface area contributed by atoms with Crippen LogP contribution < -0.4 is 14.2 Å². The van der Waals surface area contributed by atoms with Gasteiger partial charge in [0.1, 0.15) is 41.8 Å². The Morgan fingerprint density at radius 2 is 1.40 bits per heavy atom. The molecule has 2 saturated heterocycles. The average Bonchev–Trinajstić information content (AvgIpc) is 3.76. The number of likely N-dealkylation sites (tertiary alicyclic amines) is 2. The number of aromatic amines is 1. The Bertz CT molecular complexity index is 1460. The molecule has 42 heavy (non-hydrogen) atoms. The Balaban J connectivity index is 1.21. The number of rotatable bonds is 11. The summed E-state index contributed by atoms with van der Waals surface area (Å²) < 4.78 is 18.8. The van der Waals surface area contributed by atoms with Crippen LogP contribution in [0.2, 0.25) is 0 Å². The van der Waals surface area contributed by atoms with Crippen LogP contribution in [0.25, 0.3) is 22.4 Å². The first kappa shape index (κ1) is 28.6. The first-order valence-corrected chi connectivity index (χ1v) is 15.5. The number of fused-ring (bicyclic) bond motifs is 1. The van der Waals surface area contributed by atoms with Crippen molar-refractivity contribution in [2.24, 2.45) is 0 Å². The highest BCUT2D eigenvalue weighted by Gasteiger charge is 2.17. The molecule has 2 aliphatic heterocycles. The van der Waals surface area contributed by atoms with E-state index >= 15 is 0 Å². The molecule has 0 bridgehead atoms. The number of nitrogens with one attached hydrogen (secondary N) is 1. The van der Waals surface area contributed by atoms with Gasteiger partial charge in [-0.1, -0.05) is 45.0 Å². The van der Waals surface area contributed by atoms with Gasteiger partial charge in [0, 0.05) is 30.8 Å². The molecule has 0 amide bonds. The largest absolute Gasteiger partial charge is 0.492 e. The predicted molar refractivity (Wildman–Crippen MR) is 169 cm³/mol. The molecule has 1 aromatic heterocycles. The number of H-pyrrole nitrogens is 1. The fourth-order valence-electron chi connectivity index (χ4n) is 5.85. The maximum atomic E-state index is 6.35. The maximum Gasteiger partial charge on any atom is 0.150 e. The number of imidazole rings is 1. The Hall–Kier alpha value is -3.55. The summed E-state index contributed by atoms with van der Waals surface area (Å²) in [4.78, 5) is 13.4. The molecule has 0 radical (unpaired) electrons. The number of ether oxygens (including phenoxy) is 3. The van der Waals surface area contributed by atoms with E-state index in [4.69, 9.17) is 19.2 Å². The van der Waals surface area contributed by atoms with Gasteiger partial charge in [0.15, 0.2) is 5.75 Å². The van der Waals surface area contributed by atoms with Crippen molar-refractivity contribution in [2.45, 2.75) is 51.9 Å². The summed E-state index contributed by atoms with van der Waals surface area (Å²) in [6.45, 7) is 14.5. The molecule has 3 heterocycles. The second kappa shape index (κ2) is 12.8. The molecule has 2 fully saturated rings. The van der Waals surface area contributed by atoms with E-state index in [1.54, 1.807) is 0 Å². The van der Waals surface area contributed by atoms with Gasteiger partial charge in [0.25, 0.3) is 0 Å². The lowest BCUT2D eigenvalue weighted by molar-refractivity contribution is 0.231. The van der Waals surface area contributed by atoms with Crippen LogP contribution in [-0.2, 0) is 5.41 Å². The van der Waals surface area contributed by atoms with E-state index in [-0.39, 0.29) is 5.41 Å². The summed E-state index contributed by atoms with van der Waals surface area (Å²) in [5, 5.41) is 0. The number of nitrogens with zero attached hydrogens (tertiary/aromatic N) is 3. The lowest BCUT2D eigenvalue weighted by Crippen LogP contribution is -2.25. The molecular formula is C35H44N4O3. The molecule has 1 N–H and O–H groups in total. The normalized spacial score (nSPS) is 16.4. The van der Waals surface area contributed by atoms with Crippen molar-refractivity contribution in [3.63, 3.8) is 0 Å². The van der Waals surface area contributed by atoms with Crippen LogP contribution >= 0.6 is 0 Å². The smallest absolute Gasteiger partial charge is 0.150 e. The van der Waals surface area contributed by atoms with E-state index in [1.165, 1.54) is 44.3 Å². The van der Waals surface area contributed by atoms with Gasteiger partial charge in [-0.2, -0.15) is 0 Å². The lowest BCUT2D eigenvalue weighted by Gasteiger charge is -2.19. The first-order valence-electron chi connectivity index (χ1n) is 15.5. The Labute approximate surface area is 249 Å². The molecule has 7 heteroatoms. The molecule has 0 spiro atoms. The van der Waals surface area contributed by atoms with Gasteiger partial charge in [0.05, 0.1) is 5.52 Å². The minimum absolute atomic E-state index is 0.106. The van der Waals surface area contributed by atoms with E-state index in [0.717, 1.165) is 71.6 Å². The van der Waals surface area contributed by atoms with Crippen molar-refractivity contribution < 1.29 is 14.2 Å². The van der Waals surface area contributed by atoms with Crippen LogP contribution in [0.4, 0.5) is 0 Å². The third kappa shape index (κ3) is 7.08. The average molecular weight is 569 g/mol. The van der Waals surface area contributed by atoms with E-state index in [9.17, 15) is 0 Å². The molecule has 0 atom stereocenters. The minimum atomic E-state index is 0.106. The van der Waals surface area contributed by atoms with Crippen LogP contribution in [0.3, 0.4) is 0 Å². The Morgan fingerprint density at radius 3 is 2.07 bits per heavy atom. The lowest BCUT2D eigenvalue weighted by atomic mass is 9.87. The summed E-state index contributed by atoms with van der Waals surface area (Å²) >= 11 is 0. The van der Waals surface area contributed by atoms with Crippen LogP contribution in [0, 0.1) is 0 Å². The Morgan fingerprint density at radius 1 is 0.738 bits per heavy atom. The second-order valence-electron chi connectivity index (χ2n) is 12.6. The van der Waals surface area contributed by atoms with Gasteiger partial charge >= 0.3 is 0 Å². The number of hydrogen-bond acceptors (Lipinski definition) is 6. The number of benzene rings is 3. The van der Waals surface area contributed by atoms with Gasteiger partial charge < -0.3 is 19.2 Å². The van der Waals surface area contributed by atoms with Gasteiger partial charge in [-0.3, -0.25) is 9.80 Å². The third-order valence-electron chi connectivity index (χ3n) is 8.33. The molecule has 4 aromatic rings. The van der Waals surface area contributed by atoms with Crippen LogP contribution in [-0.4, -0.2) is 72.3 Å². The SMILES string of the molecule is CC(C)(C)c1ccc(Oc2cccc(-c3nc4c(OCCN5CCCC5)cc(OCCN5CCCC5)cc4[nH]3)c2)cc1. The van der Waals surface area contributed by atoms with Gasteiger partial charge in [-0.15, -0.1) is 0 Å². The van der Waals surface area contributed by atoms with Crippen LogP contribution in [0.1, 0.15) is 52.0 Å². The fourth-order valence-corrected chi connectivity index (χ4v) is 5.85. The third-order valence-corrected chi connectivity index (χ3v) is 8.33. The molecule has 6 rings (SSSR count). The number of hydrogen-bond donors (Lipinski definition) is 1. The summed E-state index contributed by atoms with van der Waals surface area (Å²) in [6, 6.07) is 20.4. The monoisotopic (exact) mass is 568 g/mol. The Kier molecular flexibility index (Phi) is 8.68. The molecular weight excluding hydrogens is 524 g/mol. The zero-order chi connectivity index (χ0) is 28.9. The summed E-state index contributed by atoms with van der Waals surface area (Å²) in [7, 11) is 0. The van der Waals surface area contributed by atoms with Crippen molar-refractivity contribution in [2.75, 3.05) is 52.5 Å². The van der Waals surface area contributed by atoms with Gasteiger partial charge in [-0.05, 0) is 87.1 Å². The van der Waals surface area contributed by atoms with E-state index < -0.39 is 0 Å². The van der Waals surface area contributed by atoms with Crippen molar-refractivity contribution in [3.05, 3.63) is 66.2 Å². The molecule has 222 valence electrons. The summed E-state index contributed by atoms with van der Waals surface area (Å²) in [6.07, 6.45) is 5.12. The highest BCUT2D eigenvalue weighted by atomic mass is 16.5. The molecule has 2 aliphatic rings. The highest BCUT2D eigenvalue weighted by Crippen LogP contribution is 2.34. The van der Waals surface area contributed by atoms with Crippen LogP contribution in [0.15, 0.2) is 60.7 Å². The van der Waals surface area contributed by atoms with E-state index in [0.29, 0.717) is 13.2 Å². The zero-order valence-electron chi connectivity index (χ0n) is 25.3. The first-order chi connectivity index (χ1) is 20.4. The van der Waals surface area contributed by atoms with Gasteiger partial charge in [-0.25, -0.2) is 4.98 Å². The fraction of sp³-hybridized carbons (Fsp3) is 0.457. The molecule has 0 aliphatic carbocycles. The molecule has 0 unspecified atom stereocenters. The van der Waals surface area contributed by atoms with Crippen molar-refractivity contribution in [1.82, 2.24) is 19.8 Å². The zero-order valence-corrected chi connectivity index (χ0v) is 25.3. The summed E-state index contributed by atoms with van der Waals surface area (Å²) in [5.74, 6) is 3.93. The maximum absolute atomic E-state index is 6.35. The van der Waals surface area contributed by atoms with E-state index in [2.05, 4.69) is 53.8 Å². The highest BCUT2D eigenvalue weighted by molar-refractivity contribution is 5.86. The standard InChI is InChI=1S/C35H44N4O3/c1-35(2,3)27-11-13-28(14-12-27)42-29-10-8-9-26(23-29)34-36-31-24-30(40-21-19-38-15-4-5-16-38)25-32(33(31)37-34)41-22-20-39-17-6-7-18-39/h8-14,23-25H,4-7,15-22H2,1-3H3,(H,36,37). The molecule has 0 saturated carbocycles. The predicted octanol–water partition coefficient (Wildman–Crippen LogP) is 7.27. The second-order valence-corrected chi connectivity index (χ2v) is 12.6. The quantitative estimate of drug-likeness (QED) is 0.205. The van der Waals surface area contributed by atoms with Crippen molar-refractivity contribution in [3.8, 4) is 34.4 Å². The minimum Gasteiger partial charge on any atom is -0.492 e. The van der Waals surface area contributed by atoms with Crippen LogP contribution in [0.5, 0.6) is 23.0 Å². The van der Waals surface area contributed by atoms with Crippen molar-refractivity contribution >= 4 is 11.0 Å². The summed E-state index contributed by atoms with van der Waals surface area (Å²) in [5.41, 5.74) is 4.07. The topological polar surface area (TPSA) is 62.9 Å².